The molecule has 8 heteroatoms. The van der Waals surface area contributed by atoms with Crippen molar-refractivity contribution < 1.29 is 19.2 Å². The molecule has 0 spiro atoms. The van der Waals surface area contributed by atoms with Crippen molar-refractivity contribution in [2.45, 2.75) is 26.3 Å². The zero-order chi connectivity index (χ0) is 20.3. The van der Waals surface area contributed by atoms with Crippen LogP contribution in [0.1, 0.15) is 30.5 Å². The minimum Gasteiger partial charge on any atom is -0.482 e. The van der Waals surface area contributed by atoms with Crippen LogP contribution in [0, 0.1) is 17.0 Å². The highest BCUT2D eigenvalue weighted by Gasteiger charge is 2.29. The lowest BCUT2D eigenvalue weighted by atomic mass is 10.0. The first-order valence-corrected chi connectivity index (χ1v) is 8.96. The van der Waals surface area contributed by atoms with Crippen molar-refractivity contribution in [1.82, 2.24) is 5.32 Å². The molecular formula is C20H21N3O5. The van der Waals surface area contributed by atoms with E-state index in [0.717, 1.165) is 11.1 Å². The lowest BCUT2D eigenvalue weighted by Gasteiger charge is -2.29. The van der Waals surface area contributed by atoms with E-state index in [2.05, 4.69) is 5.32 Å². The Bertz CT molecular complexity index is 911. The molecule has 1 aliphatic heterocycles. The van der Waals surface area contributed by atoms with Gasteiger partial charge in [0.25, 0.3) is 11.6 Å². The topological polar surface area (TPSA) is 102 Å². The summed E-state index contributed by atoms with van der Waals surface area (Å²) in [5.74, 6) is -0.435. The second kappa shape index (κ2) is 8.08. The van der Waals surface area contributed by atoms with E-state index in [1.807, 2.05) is 38.1 Å². The quantitative estimate of drug-likeness (QED) is 0.610. The molecule has 0 saturated carbocycles. The number of non-ortho nitro benzene ring substituents is 1. The molecule has 0 bridgehead atoms. The van der Waals surface area contributed by atoms with Gasteiger partial charge in [-0.25, -0.2) is 0 Å². The van der Waals surface area contributed by atoms with Crippen molar-refractivity contribution in [3.05, 3.63) is 63.7 Å². The van der Waals surface area contributed by atoms with Gasteiger partial charge in [0.2, 0.25) is 5.91 Å². The first-order chi connectivity index (χ1) is 13.4. The van der Waals surface area contributed by atoms with Crippen LogP contribution >= 0.6 is 0 Å². The summed E-state index contributed by atoms with van der Waals surface area (Å²) in [6.45, 7) is 3.50. The monoisotopic (exact) mass is 383 g/mol. The van der Waals surface area contributed by atoms with Crippen LogP contribution in [-0.2, 0) is 9.59 Å². The molecule has 0 fully saturated rings. The highest BCUT2D eigenvalue weighted by Crippen LogP contribution is 2.35. The van der Waals surface area contributed by atoms with Crippen molar-refractivity contribution in [3.63, 3.8) is 0 Å². The molecule has 2 aromatic rings. The number of hydrogen-bond donors (Lipinski definition) is 1. The van der Waals surface area contributed by atoms with E-state index in [1.54, 1.807) is 0 Å². The Balaban J connectivity index is 1.78. The SMILES string of the molecule is CC[C@@H](NC(=O)CN1C(=O)COc2ccc([N+](=O)[O-])cc21)c1ccc(C)cc1. The van der Waals surface area contributed by atoms with E-state index in [-0.39, 0.29) is 36.5 Å². The van der Waals surface area contributed by atoms with Gasteiger partial charge in [-0.05, 0) is 25.0 Å². The normalized spacial score (nSPS) is 14.1. The molecule has 1 atom stereocenters. The molecule has 28 heavy (non-hydrogen) atoms. The second-order valence-electron chi connectivity index (χ2n) is 6.62. The van der Waals surface area contributed by atoms with Crippen LogP contribution in [0.3, 0.4) is 0 Å². The van der Waals surface area contributed by atoms with Gasteiger partial charge in [0.05, 0.1) is 16.7 Å². The fourth-order valence-electron chi connectivity index (χ4n) is 3.08. The van der Waals surface area contributed by atoms with Crippen LogP contribution in [-0.4, -0.2) is 29.9 Å². The zero-order valence-corrected chi connectivity index (χ0v) is 15.7. The van der Waals surface area contributed by atoms with Gasteiger partial charge >= 0.3 is 0 Å². The van der Waals surface area contributed by atoms with Crippen molar-refractivity contribution >= 4 is 23.2 Å². The zero-order valence-electron chi connectivity index (χ0n) is 15.7. The third-order valence-corrected chi connectivity index (χ3v) is 4.62. The summed E-state index contributed by atoms with van der Waals surface area (Å²) in [7, 11) is 0. The third-order valence-electron chi connectivity index (χ3n) is 4.62. The Kier molecular flexibility index (Phi) is 5.58. The van der Waals surface area contributed by atoms with E-state index in [4.69, 9.17) is 4.74 Å². The summed E-state index contributed by atoms with van der Waals surface area (Å²) in [5.41, 5.74) is 2.16. The fourth-order valence-corrected chi connectivity index (χ4v) is 3.08. The number of benzene rings is 2. The molecule has 1 N–H and O–H groups in total. The predicted molar refractivity (Wildman–Crippen MR) is 103 cm³/mol. The lowest BCUT2D eigenvalue weighted by molar-refractivity contribution is -0.384. The maximum absolute atomic E-state index is 12.6. The highest BCUT2D eigenvalue weighted by molar-refractivity contribution is 6.02. The van der Waals surface area contributed by atoms with Gasteiger partial charge in [-0.15, -0.1) is 0 Å². The molecule has 2 amide bonds. The van der Waals surface area contributed by atoms with E-state index in [0.29, 0.717) is 12.2 Å². The number of nitro benzene ring substituents is 1. The number of amides is 2. The maximum atomic E-state index is 12.6. The number of nitro groups is 1. The van der Waals surface area contributed by atoms with Crippen LogP contribution in [0.2, 0.25) is 0 Å². The van der Waals surface area contributed by atoms with Gasteiger partial charge in [-0.2, -0.15) is 0 Å². The molecule has 0 aliphatic carbocycles. The molecule has 0 saturated heterocycles. The van der Waals surface area contributed by atoms with E-state index in [9.17, 15) is 19.7 Å². The first-order valence-electron chi connectivity index (χ1n) is 8.96. The van der Waals surface area contributed by atoms with E-state index >= 15 is 0 Å². The second-order valence-corrected chi connectivity index (χ2v) is 6.62. The van der Waals surface area contributed by atoms with Crippen molar-refractivity contribution in [1.29, 1.82) is 0 Å². The van der Waals surface area contributed by atoms with Crippen LogP contribution in [0.25, 0.3) is 0 Å². The van der Waals surface area contributed by atoms with Gasteiger partial charge < -0.3 is 10.1 Å². The largest absolute Gasteiger partial charge is 0.482 e. The van der Waals surface area contributed by atoms with Crippen LogP contribution in [0.5, 0.6) is 5.75 Å². The molecule has 2 aromatic carbocycles. The molecule has 1 aliphatic rings. The van der Waals surface area contributed by atoms with E-state index in [1.165, 1.54) is 23.1 Å². The third kappa shape index (κ3) is 4.11. The number of anilines is 1. The minimum atomic E-state index is -0.553. The van der Waals surface area contributed by atoms with E-state index < -0.39 is 10.8 Å². The molecule has 0 aromatic heterocycles. The summed E-state index contributed by atoms with van der Waals surface area (Å²) >= 11 is 0. The Hall–Kier alpha value is -3.42. The molecule has 3 rings (SSSR count). The van der Waals surface area contributed by atoms with Gasteiger partial charge in [-0.1, -0.05) is 36.8 Å². The molecule has 146 valence electrons. The Morgan fingerprint density at radius 2 is 2.00 bits per heavy atom. The summed E-state index contributed by atoms with van der Waals surface area (Å²) in [6, 6.07) is 11.7. The summed E-state index contributed by atoms with van der Waals surface area (Å²) in [4.78, 5) is 36.6. The van der Waals surface area contributed by atoms with Crippen molar-refractivity contribution in [2.75, 3.05) is 18.1 Å². The van der Waals surface area contributed by atoms with Crippen molar-refractivity contribution in [3.8, 4) is 5.75 Å². The molecular weight excluding hydrogens is 362 g/mol. The molecule has 0 unspecified atom stereocenters. The number of hydrogen-bond acceptors (Lipinski definition) is 5. The molecule has 8 nitrogen and oxygen atoms in total. The highest BCUT2D eigenvalue weighted by atomic mass is 16.6. The van der Waals surface area contributed by atoms with Crippen LogP contribution in [0.15, 0.2) is 42.5 Å². The molecule has 0 radical (unpaired) electrons. The lowest BCUT2D eigenvalue weighted by Crippen LogP contribution is -2.45. The average molecular weight is 383 g/mol. The smallest absolute Gasteiger partial charge is 0.271 e. The Morgan fingerprint density at radius 3 is 2.64 bits per heavy atom. The number of carbonyl (C=O) groups excluding carboxylic acids is 2. The number of fused-ring (bicyclic) bond motifs is 1. The standard InChI is InChI=1S/C20H21N3O5/c1-3-16(14-6-4-13(2)5-7-14)21-19(24)11-22-17-10-15(23(26)27)8-9-18(17)28-12-20(22)25/h4-10,16H,3,11-12H2,1-2H3,(H,21,24)/t16-/m1/s1. The number of carbonyl (C=O) groups is 2. The summed E-state index contributed by atoms with van der Waals surface area (Å²) < 4.78 is 5.32. The number of ether oxygens (including phenoxy) is 1. The van der Waals surface area contributed by atoms with Crippen molar-refractivity contribution in [2.24, 2.45) is 0 Å². The van der Waals surface area contributed by atoms with Gasteiger partial charge in [-0.3, -0.25) is 24.6 Å². The average Bonchev–Trinajstić information content (AvgIpc) is 2.68. The Morgan fingerprint density at radius 1 is 1.29 bits per heavy atom. The summed E-state index contributed by atoms with van der Waals surface area (Å²) in [6.07, 6.45) is 0.688. The number of nitrogens with zero attached hydrogens (tertiary/aromatic N) is 2. The minimum absolute atomic E-state index is 0.173. The first kappa shape index (κ1) is 19.3. The van der Waals surface area contributed by atoms with Gasteiger partial charge in [0, 0.05) is 12.1 Å². The van der Waals surface area contributed by atoms with Crippen LogP contribution < -0.4 is 15.0 Å². The predicted octanol–water partition coefficient (Wildman–Crippen LogP) is 2.90. The number of nitrogens with one attached hydrogen (secondary N) is 1. The van der Waals surface area contributed by atoms with Gasteiger partial charge in [0.1, 0.15) is 12.3 Å². The fraction of sp³-hybridized carbons (Fsp3) is 0.300. The number of rotatable bonds is 6. The van der Waals surface area contributed by atoms with Gasteiger partial charge in [0.15, 0.2) is 6.61 Å². The maximum Gasteiger partial charge on any atom is 0.271 e. The van der Waals surface area contributed by atoms with Crippen LogP contribution in [0.4, 0.5) is 11.4 Å². The summed E-state index contributed by atoms with van der Waals surface area (Å²) in [5, 5.41) is 14.0. The Labute approximate surface area is 162 Å². The molecule has 1 heterocycles. The number of aryl methyl sites for hydroxylation is 1.